The van der Waals surface area contributed by atoms with Crippen molar-refractivity contribution in [3.05, 3.63) is 29.3 Å². The predicted molar refractivity (Wildman–Crippen MR) is 58.4 cm³/mol. The highest BCUT2D eigenvalue weighted by Gasteiger charge is 2.31. The monoisotopic (exact) mass is 298 g/mol. The van der Waals surface area contributed by atoms with Gasteiger partial charge in [0.2, 0.25) is 0 Å². The molecule has 0 aromatic heterocycles. The van der Waals surface area contributed by atoms with Gasteiger partial charge in [-0.15, -0.1) is 13.2 Å². The number of rotatable bonds is 5. The molecule has 1 aromatic carbocycles. The quantitative estimate of drug-likeness (QED) is 0.615. The first-order chi connectivity index (χ1) is 9.21. The Bertz CT molecular complexity index is 471. The van der Waals surface area contributed by atoms with Crippen LogP contribution in [-0.4, -0.2) is 18.9 Å². The minimum Gasteiger partial charge on any atom is -0.466 e. The fourth-order valence-electron chi connectivity index (χ4n) is 1.49. The van der Waals surface area contributed by atoms with E-state index < -0.39 is 36.5 Å². The van der Waals surface area contributed by atoms with Crippen molar-refractivity contribution in [1.29, 1.82) is 0 Å². The van der Waals surface area contributed by atoms with E-state index >= 15 is 0 Å². The Labute approximate surface area is 111 Å². The lowest BCUT2D eigenvalue weighted by atomic mass is 10.1. The largest absolute Gasteiger partial charge is 0.573 e. The van der Waals surface area contributed by atoms with Crippen molar-refractivity contribution in [2.24, 2.45) is 0 Å². The molecule has 0 saturated carbocycles. The van der Waals surface area contributed by atoms with Gasteiger partial charge in [0.15, 0.2) is 0 Å². The van der Waals surface area contributed by atoms with Gasteiger partial charge in [-0.05, 0) is 30.7 Å². The third-order valence-electron chi connectivity index (χ3n) is 2.13. The minimum absolute atomic E-state index is 0.0412. The van der Waals surface area contributed by atoms with Crippen molar-refractivity contribution in [3.8, 4) is 5.75 Å². The molecule has 0 aliphatic heterocycles. The van der Waals surface area contributed by atoms with E-state index in [0.29, 0.717) is 6.07 Å². The molecule has 0 fully saturated rings. The number of esters is 1. The summed E-state index contributed by atoms with van der Waals surface area (Å²) in [6.07, 6.45) is -8.39. The maximum absolute atomic E-state index is 12.6. The molecule has 0 aliphatic carbocycles. The fourth-order valence-corrected chi connectivity index (χ4v) is 1.49. The van der Waals surface area contributed by atoms with Crippen LogP contribution in [-0.2, 0) is 16.0 Å². The second kappa shape index (κ2) is 6.53. The third-order valence-corrected chi connectivity index (χ3v) is 2.13. The number of carbonyl (C=O) groups is 1. The van der Waals surface area contributed by atoms with Crippen LogP contribution >= 0.6 is 0 Å². The van der Waals surface area contributed by atoms with E-state index in [4.69, 9.17) is 0 Å². The second-order valence-corrected chi connectivity index (χ2v) is 3.74. The van der Waals surface area contributed by atoms with Crippen molar-refractivity contribution in [1.82, 2.24) is 0 Å². The van der Waals surface area contributed by atoms with Gasteiger partial charge in [0.05, 0.1) is 13.0 Å². The van der Waals surface area contributed by atoms with E-state index in [1.807, 2.05) is 0 Å². The second-order valence-electron chi connectivity index (χ2n) is 3.74. The van der Waals surface area contributed by atoms with Gasteiger partial charge in [0.1, 0.15) is 5.75 Å². The first-order valence-corrected chi connectivity index (χ1v) is 5.54. The van der Waals surface area contributed by atoms with Crippen LogP contribution in [0.2, 0.25) is 0 Å². The van der Waals surface area contributed by atoms with Gasteiger partial charge in [-0.1, -0.05) is 0 Å². The van der Waals surface area contributed by atoms with Crippen LogP contribution in [0.25, 0.3) is 0 Å². The van der Waals surface area contributed by atoms with Crippen LogP contribution in [0.15, 0.2) is 18.2 Å². The van der Waals surface area contributed by atoms with Crippen LogP contribution in [0.4, 0.5) is 22.0 Å². The standard InChI is InChI=1S/C12H11F5O3/c1-2-19-10(18)5-7-3-8(11(13)14)6-9(4-7)20-12(15,16)17/h3-4,6,11H,2,5H2,1H3. The highest BCUT2D eigenvalue weighted by molar-refractivity contribution is 5.72. The number of carbonyl (C=O) groups excluding carboxylic acids is 1. The summed E-state index contributed by atoms with van der Waals surface area (Å²) < 4.78 is 69.6. The molecule has 0 spiro atoms. The highest BCUT2D eigenvalue weighted by atomic mass is 19.4. The van der Waals surface area contributed by atoms with Crippen LogP contribution in [0.1, 0.15) is 24.5 Å². The first kappa shape index (κ1) is 16.2. The Kier molecular flexibility index (Phi) is 5.29. The molecule has 0 atom stereocenters. The zero-order chi connectivity index (χ0) is 15.3. The number of halogens is 5. The van der Waals surface area contributed by atoms with Gasteiger partial charge in [-0.3, -0.25) is 4.79 Å². The lowest BCUT2D eigenvalue weighted by Crippen LogP contribution is -2.17. The number of alkyl halides is 5. The van der Waals surface area contributed by atoms with E-state index in [9.17, 15) is 26.7 Å². The van der Waals surface area contributed by atoms with Gasteiger partial charge >= 0.3 is 12.3 Å². The SMILES string of the molecule is CCOC(=O)Cc1cc(OC(F)(F)F)cc(C(F)F)c1. The normalized spacial score (nSPS) is 11.6. The van der Waals surface area contributed by atoms with Crippen LogP contribution in [0.3, 0.4) is 0 Å². The van der Waals surface area contributed by atoms with Crippen LogP contribution < -0.4 is 4.74 Å². The molecule has 1 aromatic rings. The maximum atomic E-state index is 12.6. The average molecular weight is 298 g/mol. The summed E-state index contributed by atoms with van der Waals surface area (Å²) >= 11 is 0. The summed E-state index contributed by atoms with van der Waals surface area (Å²) in [5, 5.41) is 0. The van der Waals surface area contributed by atoms with E-state index in [2.05, 4.69) is 9.47 Å². The average Bonchev–Trinajstić information content (AvgIpc) is 2.26. The molecule has 0 saturated heterocycles. The van der Waals surface area contributed by atoms with Gasteiger partial charge in [-0.25, -0.2) is 8.78 Å². The molecule has 112 valence electrons. The Morgan fingerprint density at radius 1 is 1.25 bits per heavy atom. The van der Waals surface area contributed by atoms with E-state index in [1.54, 1.807) is 6.92 Å². The zero-order valence-electron chi connectivity index (χ0n) is 10.3. The van der Waals surface area contributed by atoms with Crippen molar-refractivity contribution in [2.45, 2.75) is 26.1 Å². The Morgan fingerprint density at radius 2 is 1.90 bits per heavy atom. The van der Waals surface area contributed by atoms with Crippen molar-refractivity contribution in [3.63, 3.8) is 0 Å². The third kappa shape index (κ3) is 5.41. The fraction of sp³-hybridized carbons (Fsp3) is 0.417. The predicted octanol–water partition coefficient (Wildman–Crippen LogP) is 3.63. The molecule has 0 unspecified atom stereocenters. The molecular weight excluding hydrogens is 287 g/mol. The van der Waals surface area contributed by atoms with Crippen molar-refractivity contribution in [2.75, 3.05) is 6.61 Å². The van der Waals surface area contributed by atoms with Crippen LogP contribution in [0.5, 0.6) is 5.75 Å². The number of hydrogen-bond donors (Lipinski definition) is 0. The summed E-state index contributed by atoms with van der Waals surface area (Å²) in [5.74, 6) is -1.52. The zero-order valence-corrected chi connectivity index (χ0v) is 10.3. The van der Waals surface area contributed by atoms with Gasteiger partial charge in [0, 0.05) is 5.56 Å². The highest BCUT2D eigenvalue weighted by Crippen LogP contribution is 2.29. The topological polar surface area (TPSA) is 35.5 Å². The Hall–Kier alpha value is -1.86. The van der Waals surface area contributed by atoms with E-state index in [1.165, 1.54) is 0 Å². The summed E-state index contributed by atoms with van der Waals surface area (Å²) in [5.41, 5.74) is -0.702. The van der Waals surface area contributed by atoms with E-state index in [0.717, 1.165) is 12.1 Å². The molecule has 1 rings (SSSR count). The molecule has 3 nitrogen and oxygen atoms in total. The summed E-state index contributed by atoms with van der Waals surface area (Å²) in [7, 11) is 0. The Balaban J connectivity index is 3.01. The lowest BCUT2D eigenvalue weighted by Gasteiger charge is -2.12. The smallest absolute Gasteiger partial charge is 0.466 e. The van der Waals surface area contributed by atoms with Gasteiger partial charge < -0.3 is 9.47 Å². The van der Waals surface area contributed by atoms with Crippen molar-refractivity contribution >= 4 is 5.97 Å². The molecule has 20 heavy (non-hydrogen) atoms. The maximum Gasteiger partial charge on any atom is 0.573 e. The number of benzene rings is 1. The molecular formula is C12H11F5O3. The molecule has 0 N–H and O–H groups in total. The van der Waals surface area contributed by atoms with E-state index in [-0.39, 0.29) is 12.2 Å². The molecule has 0 amide bonds. The van der Waals surface area contributed by atoms with Gasteiger partial charge in [0.25, 0.3) is 6.43 Å². The summed E-state index contributed by atoms with van der Waals surface area (Å²) in [6.45, 7) is 1.63. The molecule has 0 bridgehead atoms. The molecule has 0 radical (unpaired) electrons. The first-order valence-electron chi connectivity index (χ1n) is 5.54. The van der Waals surface area contributed by atoms with Crippen LogP contribution in [0, 0.1) is 0 Å². The number of ether oxygens (including phenoxy) is 2. The lowest BCUT2D eigenvalue weighted by molar-refractivity contribution is -0.274. The Morgan fingerprint density at radius 3 is 2.40 bits per heavy atom. The summed E-state index contributed by atoms with van der Waals surface area (Å²) in [4.78, 5) is 11.2. The number of hydrogen-bond acceptors (Lipinski definition) is 3. The molecule has 0 heterocycles. The minimum atomic E-state index is -5.00. The summed E-state index contributed by atoms with van der Waals surface area (Å²) in [6, 6.07) is 2.38. The molecule has 0 aliphatic rings. The van der Waals surface area contributed by atoms with Gasteiger partial charge in [-0.2, -0.15) is 0 Å². The van der Waals surface area contributed by atoms with Crippen molar-refractivity contribution < 1.29 is 36.2 Å². The molecule has 8 heteroatoms.